The third kappa shape index (κ3) is 3.02. The van der Waals surface area contributed by atoms with Crippen LogP contribution in [0.4, 0.5) is 5.69 Å². The lowest BCUT2D eigenvalue weighted by atomic mass is 10.0. The SMILES string of the molecule is CC1CCCCN1C(=O)CNc1cccc2ccccc12. The van der Waals surface area contributed by atoms with Crippen molar-refractivity contribution in [3.05, 3.63) is 42.5 Å². The number of amides is 1. The van der Waals surface area contributed by atoms with Crippen LogP contribution in [0.1, 0.15) is 26.2 Å². The summed E-state index contributed by atoms with van der Waals surface area (Å²) in [5.74, 6) is 0.204. The first kappa shape index (κ1) is 13.9. The van der Waals surface area contributed by atoms with Crippen molar-refractivity contribution in [3.8, 4) is 0 Å². The molecule has 2 aromatic carbocycles. The number of anilines is 1. The highest BCUT2D eigenvalue weighted by atomic mass is 16.2. The van der Waals surface area contributed by atoms with Crippen molar-refractivity contribution >= 4 is 22.4 Å². The Morgan fingerprint density at radius 3 is 2.86 bits per heavy atom. The maximum atomic E-state index is 12.4. The van der Waals surface area contributed by atoms with Gasteiger partial charge in [-0.3, -0.25) is 4.79 Å². The van der Waals surface area contributed by atoms with Gasteiger partial charge >= 0.3 is 0 Å². The van der Waals surface area contributed by atoms with Crippen LogP contribution in [-0.4, -0.2) is 29.9 Å². The molecule has 1 atom stereocenters. The maximum Gasteiger partial charge on any atom is 0.242 e. The Morgan fingerprint density at radius 1 is 1.19 bits per heavy atom. The van der Waals surface area contributed by atoms with Crippen LogP contribution in [0.3, 0.4) is 0 Å². The molecule has 1 fully saturated rings. The molecule has 110 valence electrons. The van der Waals surface area contributed by atoms with E-state index in [1.165, 1.54) is 17.2 Å². The summed E-state index contributed by atoms with van der Waals surface area (Å²) in [5, 5.41) is 5.68. The number of rotatable bonds is 3. The van der Waals surface area contributed by atoms with E-state index in [0.717, 1.165) is 25.1 Å². The summed E-state index contributed by atoms with van der Waals surface area (Å²) in [6.07, 6.45) is 3.49. The van der Waals surface area contributed by atoms with E-state index in [1.54, 1.807) is 0 Å². The van der Waals surface area contributed by atoms with Crippen LogP contribution in [-0.2, 0) is 4.79 Å². The fourth-order valence-electron chi connectivity index (χ4n) is 3.12. The normalized spacial score (nSPS) is 18.7. The van der Waals surface area contributed by atoms with Crippen LogP contribution >= 0.6 is 0 Å². The number of fused-ring (bicyclic) bond motifs is 1. The quantitative estimate of drug-likeness (QED) is 0.932. The summed E-state index contributed by atoms with van der Waals surface area (Å²) in [7, 11) is 0. The van der Waals surface area contributed by atoms with Gasteiger partial charge in [0.2, 0.25) is 5.91 Å². The van der Waals surface area contributed by atoms with Gasteiger partial charge in [-0.05, 0) is 37.6 Å². The van der Waals surface area contributed by atoms with Crippen molar-refractivity contribution < 1.29 is 4.79 Å². The molecule has 1 heterocycles. The van der Waals surface area contributed by atoms with Gasteiger partial charge in [0.05, 0.1) is 6.54 Å². The first-order valence-electron chi connectivity index (χ1n) is 7.77. The van der Waals surface area contributed by atoms with Crippen molar-refractivity contribution in [2.75, 3.05) is 18.4 Å². The van der Waals surface area contributed by atoms with E-state index in [2.05, 4.69) is 30.4 Å². The lowest BCUT2D eigenvalue weighted by molar-refractivity contribution is -0.132. The average molecular weight is 282 g/mol. The van der Waals surface area contributed by atoms with Crippen LogP contribution in [0.5, 0.6) is 0 Å². The van der Waals surface area contributed by atoms with Gasteiger partial charge in [0.1, 0.15) is 0 Å². The first-order chi connectivity index (χ1) is 10.3. The lowest BCUT2D eigenvalue weighted by Gasteiger charge is -2.33. The minimum absolute atomic E-state index is 0.204. The van der Waals surface area contributed by atoms with Crippen molar-refractivity contribution in [1.82, 2.24) is 4.90 Å². The number of nitrogens with one attached hydrogen (secondary N) is 1. The van der Waals surface area contributed by atoms with Gasteiger partial charge in [0, 0.05) is 23.7 Å². The Balaban J connectivity index is 1.70. The number of likely N-dealkylation sites (tertiary alicyclic amines) is 1. The standard InChI is InChI=1S/C18H22N2O/c1-14-7-4-5-12-20(14)18(21)13-19-17-11-6-9-15-8-2-3-10-16(15)17/h2-3,6,8-11,14,19H,4-5,7,12-13H2,1H3. The van der Waals surface area contributed by atoms with E-state index < -0.39 is 0 Å². The minimum atomic E-state index is 0.204. The molecule has 3 rings (SSSR count). The molecule has 3 heteroatoms. The van der Waals surface area contributed by atoms with E-state index >= 15 is 0 Å². The summed E-state index contributed by atoms with van der Waals surface area (Å²) >= 11 is 0. The monoisotopic (exact) mass is 282 g/mol. The fourth-order valence-corrected chi connectivity index (χ4v) is 3.12. The Bertz CT molecular complexity index is 633. The van der Waals surface area contributed by atoms with Crippen LogP contribution in [0, 0.1) is 0 Å². The first-order valence-corrected chi connectivity index (χ1v) is 7.77. The molecule has 2 aromatic rings. The molecule has 1 saturated heterocycles. The predicted octanol–water partition coefficient (Wildman–Crippen LogP) is 3.65. The van der Waals surface area contributed by atoms with E-state index in [-0.39, 0.29) is 5.91 Å². The molecule has 1 unspecified atom stereocenters. The molecule has 1 N–H and O–H groups in total. The Hall–Kier alpha value is -2.03. The predicted molar refractivity (Wildman–Crippen MR) is 87.5 cm³/mol. The summed E-state index contributed by atoms with van der Waals surface area (Å²) < 4.78 is 0. The van der Waals surface area contributed by atoms with Crippen molar-refractivity contribution in [3.63, 3.8) is 0 Å². The summed E-state index contributed by atoms with van der Waals surface area (Å²) in [5.41, 5.74) is 1.03. The molecule has 21 heavy (non-hydrogen) atoms. The van der Waals surface area contributed by atoms with Crippen molar-refractivity contribution in [1.29, 1.82) is 0 Å². The zero-order valence-electron chi connectivity index (χ0n) is 12.5. The van der Waals surface area contributed by atoms with Gasteiger partial charge in [0.25, 0.3) is 0 Å². The van der Waals surface area contributed by atoms with Gasteiger partial charge in [-0.25, -0.2) is 0 Å². The Labute approximate surface area is 125 Å². The third-order valence-corrected chi connectivity index (χ3v) is 4.34. The van der Waals surface area contributed by atoms with Crippen LogP contribution in [0.15, 0.2) is 42.5 Å². The minimum Gasteiger partial charge on any atom is -0.376 e. The molecule has 1 amide bonds. The van der Waals surface area contributed by atoms with E-state index in [1.807, 2.05) is 29.2 Å². The molecule has 0 radical (unpaired) electrons. The van der Waals surface area contributed by atoms with Crippen molar-refractivity contribution in [2.45, 2.75) is 32.2 Å². The molecule has 0 spiro atoms. The van der Waals surface area contributed by atoms with E-state index in [9.17, 15) is 4.79 Å². The zero-order chi connectivity index (χ0) is 14.7. The number of benzene rings is 2. The molecule has 1 aliphatic heterocycles. The number of carbonyl (C=O) groups is 1. The average Bonchev–Trinajstić information content (AvgIpc) is 2.53. The van der Waals surface area contributed by atoms with Crippen LogP contribution in [0.25, 0.3) is 10.8 Å². The Kier molecular flexibility index (Phi) is 4.09. The van der Waals surface area contributed by atoms with Crippen LogP contribution in [0.2, 0.25) is 0 Å². The van der Waals surface area contributed by atoms with Gasteiger partial charge in [-0.2, -0.15) is 0 Å². The smallest absolute Gasteiger partial charge is 0.242 e. The number of nitrogens with zero attached hydrogens (tertiary/aromatic N) is 1. The second kappa shape index (κ2) is 6.17. The molecule has 1 aliphatic rings. The highest BCUT2D eigenvalue weighted by molar-refractivity contribution is 5.95. The zero-order valence-corrected chi connectivity index (χ0v) is 12.5. The number of hydrogen-bond acceptors (Lipinski definition) is 2. The third-order valence-electron chi connectivity index (χ3n) is 4.34. The Morgan fingerprint density at radius 2 is 2.00 bits per heavy atom. The maximum absolute atomic E-state index is 12.4. The molecule has 0 saturated carbocycles. The fraction of sp³-hybridized carbons (Fsp3) is 0.389. The van der Waals surface area contributed by atoms with Gasteiger partial charge < -0.3 is 10.2 Å². The summed E-state index contributed by atoms with van der Waals surface area (Å²) in [4.78, 5) is 14.4. The molecule has 3 nitrogen and oxygen atoms in total. The molecule has 0 aromatic heterocycles. The van der Waals surface area contributed by atoms with Crippen molar-refractivity contribution in [2.24, 2.45) is 0 Å². The van der Waals surface area contributed by atoms with Gasteiger partial charge in [-0.1, -0.05) is 36.4 Å². The molecular weight excluding hydrogens is 260 g/mol. The molecular formula is C18H22N2O. The molecule has 0 aliphatic carbocycles. The number of hydrogen-bond donors (Lipinski definition) is 1. The highest BCUT2D eigenvalue weighted by Crippen LogP contribution is 2.23. The summed E-state index contributed by atoms with van der Waals surface area (Å²) in [6, 6.07) is 14.8. The summed E-state index contributed by atoms with van der Waals surface area (Å²) in [6.45, 7) is 3.42. The lowest BCUT2D eigenvalue weighted by Crippen LogP contribution is -2.44. The molecule has 0 bridgehead atoms. The van der Waals surface area contributed by atoms with Gasteiger partial charge in [-0.15, -0.1) is 0 Å². The van der Waals surface area contributed by atoms with E-state index in [4.69, 9.17) is 0 Å². The number of carbonyl (C=O) groups excluding carboxylic acids is 1. The topological polar surface area (TPSA) is 32.3 Å². The van der Waals surface area contributed by atoms with E-state index in [0.29, 0.717) is 12.6 Å². The van der Waals surface area contributed by atoms with Gasteiger partial charge in [0.15, 0.2) is 0 Å². The largest absolute Gasteiger partial charge is 0.376 e. The van der Waals surface area contributed by atoms with Crippen LogP contribution < -0.4 is 5.32 Å². The second-order valence-electron chi connectivity index (χ2n) is 5.81. The second-order valence-corrected chi connectivity index (χ2v) is 5.81. The highest BCUT2D eigenvalue weighted by Gasteiger charge is 2.22. The number of piperidine rings is 1.